The number of nitrogens with one attached hydrogen (secondary N) is 3. The number of nitrogens with zero attached hydrogens (tertiary/aromatic N) is 4. The molecule has 3 N–H and O–H groups in total. The number of hydrogen-bond acceptors (Lipinski definition) is 6. The molecule has 2 aromatic rings. The minimum absolute atomic E-state index is 0.122. The van der Waals surface area contributed by atoms with E-state index in [1.54, 1.807) is 6.92 Å². The van der Waals surface area contributed by atoms with E-state index in [0.717, 1.165) is 0 Å². The Bertz CT molecular complexity index is 762. The Labute approximate surface area is 146 Å². The van der Waals surface area contributed by atoms with Gasteiger partial charge in [0.25, 0.3) is 11.8 Å². The number of aryl methyl sites for hydroxylation is 1. The van der Waals surface area contributed by atoms with Gasteiger partial charge in [-0.25, -0.2) is 22.5 Å². The lowest BCUT2D eigenvalue weighted by molar-refractivity contribution is -0.0799. The maximum Gasteiger partial charge on any atom is 0.252 e. The SMILES string of the molecule is Cc1ncc(-c2nc(NC3CC(F)(F)C3)nc(NC3CC(F)(F)C3)n2)[nH]1. The van der Waals surface area contributed by atoms with E-state index >= 15 is 0 Å². The summed E-state index contributed by atoms with van der Waals surface area (Å²) in [4.78, 5) is 19.6. The van der Waals surface area contributed by atoms with Crippen LogP contribution in [0.1, 0.15) is 31.5 Å². The molecule has 2 heterocycles. The van der Waals surface area contributed by atoms with Gasteiger partial charge in [0, 0.05) is 37.8 Å². The van der Waals surface area contributed by atoms with Crippen molar-refractivity contribution in [3.8, 4) is 11.5 Å². The zero-order valence-electron chi connectivity index (χ0n) is 13.9. The highest BCUT2D eigenvalue weighted by atomic mass is 19.3. The van der Waals surface area contributed by atoms with Crippen molar-refractivity contribution in [3.63, 3.8) is 0 Å². The standard InChI is InChI=1S/C15H17F4N7/c1-7-20-6-10(21-7)11-24-12(22-8-2-14(16,17)3-8)26-13(25-11)23-9-4-15(18,19)5-9/h6,8-9H,2-5H2,1H3,(H,20,21)(H2,22,23,24,25,26). The van der Waals surface area contributed by atoms with E-state index < -0.39 is 23.9 Å². The van der Waals surface area contributed by atoms with E-state index in [1.165, 1.54) is 6.20 Å². The summed E-state index contributed by atoms with van der Waals surface area (Å²) in [7, 11) is 0. The summed E-state index contributed by atoms with van der Waals surface area (Å²) in [6.07, 6.45) is 0.348. The summed E-state index contributed by atoms with van der Waals surface area (Å²) in [5, 5.41) is 5.70. The van der Waals surface area contributed by atoms with Crippen molar-refractivity contribution in [2.75, 3.05) is 10.6 Å². The fraction of sp³-hybridized carbons (Fsp3) is 0.600. The van der Waals surface area contributed by atoms with Crippen LogP contribution in [0.25, 0.3) is 11.5 Å². The predicted molar refractivity (Wildman–Crippen MR) is 85.3 cm³/mol. The first-order chi connectivity index (χ1) is 12.2. The van der Waals surface area contributed by atoms with Crippen molar-refractivity contribution < 1.29 is 17.6 Å². The quantitative estimate of drug-likeness (QED) is 0.700. The Morgan fingerprint density at radius 3 is 1.81 bits per heavy atom. The Morgan fingerprint density at radius 1 is 0.923 bits per heavy atom. The number of rotatable bonds is 5. The first-order valence-electron chi connectivity index (χ1n) is 8.24. The van der Waals surface area contributed by atoms with Gasteiger partial charge in [-0.1, -0.05) is 0 Å². The summed E-state index contributed by atoms with van der Waals surface area (Å²) in [5.74, 6) is -4.20. The molecule has 0 spiro atoms. The topological polar surface area (TPSA) is 91.4 Å². The van der Waals surface area contributed by atoms with Crippen LogP contribution >= 0.6 is 0 Å². The lowest BCUT2D eigenvalue weighted by atomic mass is 9.88. The predicted octanol–water partition coefficient (Wildman–Crippen LogP) is 2.99. The summed E-state index contributed by atoms with van der Waals surface area (Å²) >= 11 is 0. The average molecular weight is 371 g/mol. The molecular weight excluding hydrogens is 354 g/mol. The molecule has 0 unspecified atom stereocenters. The van der Waals surface area contributed by atoms with E-state index in [4.69, 9.17) is 0 Å². The fourth-order valence-electron chi connectivity index (χ4n) is 3.05. The molecule has 2 aliphatic rings. The molecular formula is C15H17F4N7. The third-order valence-electron chi connectivity index (χ3n) is 4.43. The van der Waals surface area contributed by atoms with E-state index in [1.807, 2.05) is 0 Å². The summed E-state index contributed by atoms with van der Waals surface area (Å²) < 4.78 is 52.1. The Morgan fingerprint density at radius 2 is 1.42 bits per heavy atom. The van der Waals surface area contributed by atoms with E-state index in [0.29, 0.717) is 11.5 Å². The van der Waals surface area contributed by atoms with E-state index in [2.05, 4.69) is 35.6 Å². The van der Waals surface area contributed by atoms with Gasteiger partial charge in [0.2, 0.25) is 11.9 Å². The summed E-state index contributed by atoms with van der Waals surface area (Å²) in [5.41, 5.74) is 0.522. The molecule has 140 valence electrons. The molecule has 0 aromatic carbocycles. The number of alkyl halides is 4. The Kier molecular flexibility index (Phi) is 3.77. The van der Waals surface area contributed by atoms with Crippen molar-refractivity contribution in [1.82, 2.24) is 24.9 Å². The number of aromatic amines is 1. The summed E-state index contributed by atoms with van der Waals surface area (Å²) in [6.45, 7) is 1.76. The van der Waals surface area contributed by atoms with Crippen LogP contribution in [0.2, 0.25) is 0 Å². The highest BCUT2D eigenvalue weighted by molar-refractivity contribution is 5.53. The molecule has 4 rings (SSSR count). The molecule has 7 nitrogen and oxygen atoms in total. The molecule has 0 radical (unpaired) electrons. The van der Waals surface area contributed by atoms with Crippen LogP contribution in [0.3, 0.4) is 0 Å². The minimum atomic E-state index is -2.67. The molecule has 0 aliphatic heterocycles. The highest BCUT2D eigenvalue weighted by Crippen LogP contribution is 2.40. The maximum atomic E-state index is 13.0. The normalized spacial score (nSPS) is 21.7. The highest BCUT2D eigenvalue weighted by Gasteiger charge is 2.46. The summed E-state index contributed by atoms with van der Waals surface area (Å²) in [6, 6.07) is -0.880. The molecule has 0 amide bonds. The maximum absolute atomic E-state index is 13.0. The van der Waals surface area contributed by atoms with Crippen LogP contribution in [0.15, 0.2) is 6.20 Å². The zero-order valence-corrected chi connectivity index (χ0v) is 13.9. The van der Waals surface area contributed by atoms with Crippen LogP contribution in [0.4, 0.5) is 29.5 Å². The van der Waals surface area contributed by atoms with Gasteiger partial charge in [-0.3, -0.25) is 0 Å². The van der Waals surface area contributed by atoms with Crippen LogP contribution in [0.5, 0.6) is 0 Å². The number of aromatic nitrogens is 5. The smallest absolute Gasteiger partial charge is 0.252 e. The van der Waals surface area contributed by atoms with Gasteiger partial charge in [0.1, 0.15) is 11.5 Å². The van der Waals surface area contributed by atoms with Crippen LogP contribution in [-0.2, 0) is 0 Å². The zero-order chi connectivity index (χ0) is 18.5. The van der Waals surface area contributed by atoms with Crippen molar-refractivity contribution in [3.05, 3.63) is 12.0 Å². The van der Waals surface area contributed by atoms with Crippen molar-refractivity contribution in [1.29, 1.82) is 0 Å². The van der Waals surface area contributed by atoms with Gasteiger partial charge >= 0.3 is 0 Å². The van der Waals surface area contributed by atoms with Crippen molar-refractivity contribution in [2.24, 2.45) is 0 Å². The Balaban J connectivity index is 1.55. The van der Waals surface area contributed by atoms with Crippen molar-refractivity contribution >= 4 is 11.9 Å². The third-order valence-corrected chi connectivity index (χ3v) is 4.43. The fourth-order valence-corrected chi connectivity index (χ4v) is 3.05. The van der Waals surface area contributed by atoms with Gasteiger partial charge in [0.15, 0.2) is 5.82 Å². The molecule has 2 aromatic heterocycles. The number of halogens is 4. The minimum Gasteiger partial charge on any atom is -0.351 e. The van der Waals surface area contributed by atoms with Gasteiger partial charge in [-0.2, -0.15) is 15.0 Å². The monoisotopic (exact) mass is 371 g/mol. The molecule has 26 heavy (non-hydrogen) atoms. The number of imidazole rings is 1. The first-order valence-corrected chi connectivity index (χ1v) is 8.24. The molecule has 0 atom stereocenters. The molecule has 11 heteroatoms. The molecule has 0 bridgehead atoms. The second-order valence-electron chi connectivity index (χ2n) is 6.90. The van der Waals surface area contributed by atoms with Crippen LogP contribution < -0.4 is 10.6 Å². The van der Waals surface area contributed by atoms with Gasteiger partial charge in [-0.15, -0.1) is 0 Å². The second kappa shape index (κ2) is 5.78. The Hall–Kier alpha value is -2.46. The van der Waals surface area contributed by atoms with Crippen LogP contribution in [0, 0.1) is 6.92 Å². The third kappa shape index (κ3) is 3.56. The second-order valence-corrected chi connectivity index (χ2v) is 6.90. The molecule has 2 saturated carbocycles. The molecule has 2 aliphatic carbocycles. The number of hydrogen-bond donors (Lipinski definition) is 3. The number of anilines is 2. The lowest BCUT2D eigenvalue weighted by Crippen LogP contribution is -2.45. The van der Waals surface area contributed by atoms with Crippen LogP contribution in [-0.4, -0.2) is 48.8 Å². The van der Waals surface area contributed by atoms with Crippen molar-refractivity contribution in [2.45, 2.75) is 56.5 Å². The molecule has 0 saturated heterocycles. The van der Waals surface area contributed by atoms with E-state index in [-0.39, 0.29) is 43.4 Å². The van der Waals surface area contributed by atoms with Gasteiger partial charge in [0.05, 0.1) is 6.20 Å². The lowest BCUT2D eigenvalue weighted by Gasteiger charge is -2.36. The number of H-pyrrole nitrogens is 1. The largest absolute Gasteiger partial charge is 0.351 e. The van der Waals surface area contributed by atoms with Gasteiger partial charge in [-0.05, 0) is 6.92 Å². The van der Waals surface area contributed by atoms with E-state index in [9.17, 15) is 17.6 Å². The average Bonchev–Trinajstić information content (AvgIpc) is 2.90. The first kappa shape index (κ1) is 17.0. The molecule has 2 fully saturated rings. The van der Waals surface area contributed by atoms with Gasteiger partial charge < -0.3 is 15.6 Å².